The molecule has 0 amide bonds. The Balaban J connectivity index is 1.87. The first-order valence-corrected chi connectivity index (χ1v) is 6.18. The molecule has 0 radical (unpaired) electrons. The van der Waals surface area contributed by atoms with Crippen LogP contribution in [0.1, 0.15) is 36.9 Å². The molecule has 1 aromatic carbocycles. The fourth-order valence-electron chi connectivity index (χ4n) is 2.30. The largest absolute Gasteiger partial charge is 0.377 e. The molecule has 16 heavy (non-hydrogen) atoms. The molecular weight excluding hydrogens is 198 g/mol. The van der Waals surface area contributed by atoms with Crippen LogP contribution in [-0.2, 0) is 4.74 Å². The van der Waals surface area contributed by atoms with Gasteiger partial charge in [-0.15, -0.1) is 0 Å². The number of hydrogen-bond donors (Lipinski definition) is 1. The van der Waals surface area contributed by atoms with Crippen molar-refractivity contribution < 1.29 is 4.74 Å². The van der Waals surface area contributed by atoms with Crippen molar-refractivity contribution in [3.63, 3.8) is 0 Å². The molecule has 2 atom stereocenters. The van der Waals surface area contributed by atoms with Gasteiger partial charge >= 0.3 is 0 Å². The molecule has 1 aliphatic rings. The number of aryl methyl sites for hydroxylation is 1. The van der Waals surface area contributed by atoms with E-state index in [9.17, 15) is 0 Å². The zero-order valence-corrected chi connectivity index (χ0v) is 10.2. The fourth-order valence-corrected chi connectivity index (χ4v) is 2.30. The third-order valence-corrected chi connectivity index (χ3v) is 3.33. The van der Waals surface area contributed by atoms with Gasteiger partial charge in [0.1, 0.15) is 0 Å². The van der Waals surface area contributed by atoms with E-state index in [0.717, 1.165) is 13.2 Å². The van der Waals surface area contributed by atoms with E-state index in [1.165, 1.54) is 24.0 Å². The second-order valence-electron chi connectivity index (χ2n) is 4.62. The normalized spacial score (nSPS) is 22.2. The molecule has 0 aliphatic carbocycles. The Morgan fingerprint density at radius 2 is 2.25 bits per heavy atom. The minimum atomic E-state index is 0.408. The summed E-state index contributed by atoms with van der Waals surface area (Å²) in [4.78, 5) is 0. The van der Waals surface area contributed by atoms with Crippen LogP contribution in [0.2, 0.25) is 0 Å². The van der Waals surface area contributed by atoms with Gasteiger partial charge < -0.3 is 10.1 Å². The Hall–Kier alpha value is -0.860. The fraction of sp³-hybridized carbons (Fsp3) is 0.571. The van der Waals surface area contributed by atoms with Crippen molar-refractivity contribution in [2.24, 2.45) is 0 Å². The van der Waals surface area contributed by atoms with Crippen molar-refractivity contribution in [1.82, 2.24) is 5.32 Å². The molecule has 2 rings (SSSR count). The van der Waals surface area contributed by atoms with Gasteiger partial charge in [0, 0.05) is 19.2 Å². The maximum absolute atomic E-state index is 5.61. The monoisotopic (exact) mass is 219 g/mol. The second-order valence-corrected chi connectivity index (χ2v) is 4.62. The van der Waals surface area contributed by atoms with Crippen molar-refractivity contribution in [2.75, 3.05) is 13.2 Å². The number of benzene rings is 1. The van der Waals surface area contributed by atoms with E-state index < -0.39 is 0 Å². The van der Waals surface area contributed by atoms with Gasteiger partial charge in [-0.1, -0.05) is 24.3 Å². The lowest BCUT2D eigenvalue weighted by atomic mass is 10.0. The van der Waals surface area contributed by atoms with Crippen LogP contribution in [-0.4, -0.2) is 19.3 Å². The van der Waals surface area contributed by atoms with Crippen LogP contribution in [0.4, 0.5) is 0 Å². The Morgan fingerprint density at radius 3 is 2.94 bits per heavy atom. The van der Waals surface area contributed by atoms with Crippen LogP contribution >= 0.6 is 0 Å². The lowest BCUT2D eigenvalue weighted by molar-refractivity contribution is 0.108. The maximum Gasteiger partial charge on any atom is 0.0700 e. The summed E-state index contributed by atoms with van der Waals surface area (Å²) >= 11 is 0. The Labute approximate surface area is 98.0 Å². The Kier molecular flexibility index (Phi) is 3.97. The summed E-state index contributed by atoms with van der Waals surface area (Å²) in [6.07, 6.45) is 2.84. The van der Waals surface area contributed by atoms with Crippen LogP contribution in [0.15, 0.2) is 24.3 Å². The summed E-state index contributed by atoms with van der Waals surface area (Å²) < 4.78 is 5.61. The average Bonchev–Trinajstić information content (AvgIpc) is 2.79. The van der Waals surface area contributed by atoms with Gasteiger partial charge in [-0.3, -0.25) is 0 Å². The highest BCUT2D eigenvalue weighted by Crippen LogP contribution is 2.18. The number of rotatable bonds is 4. The molecular formula is C14H21NO. The molecule has 1 aromatic rings. The predicted molar refractivity (Wildman–Crippen MR) is 66.6 cm³/mol. The summed E-state index contributed by atoms with van der Waals surface area (Å²) in [5.74, 6) is 0. The number of nitrogens with one attached hydrogen (secondary N) is 1. The van der Waals surface area contributed by atoms with Gasteiger partial charge in [-0.05, 0) is 37.8 Å². The van der Waals surface area contributed by atoms with E-state index in [1.807, 2.05) is 0 Å². The van der Waals surface area contributed by atoms with E-state index in [1.54, 1.807) is 0 Å². The molecule has 1 aliphatic heterocycles. The molecule has 1 N–H and O–H groups in total. The van der Waals surface area contributed by atoms with Crippen molar-refractivity contribution in [1.29, 1.82) is 0 Å². The minimum absolute atomic E-state index is 0.408. The smallest absolute Gasteiger partial charge is 0.0700 e. The maximum atomic E-state index is 5.61. The van der Waals surface area contributed by atoms with E-state index in [2.05, 4.69) is 43.4 Å². The van der Waals surface area contributed by atoms with Gasteiger partial charge in [0.05, 0.1) is 6.10 Å². The minimum Gasteiger partial charge on any atom is -0.377 e. The second kappa shape index (κ2) is 5.46. The summed E-state index contributed by atoms with van der Waals surface area (Å²) in [7, 11) is 0. The summed E-state index contributed by atoms with van der Waals surface area (Å²) in [5, 5.41) is 3.56. The van der Waals surface area contributed by atoms with Crippen LogP contribution in [0.5, 0.6) is 0 Å². The average molecular weight is 219 g/mol. The SMILES string of the molecule is Cc1ccccc1[C@@H](C)NCC1CCCO1. The van der Waals surface area contributed by atoms with Crippen LogP contribution in [0.3, 0.4) is 0 Å². The lowest BCUT2D eigenvalue weighted by Crippen LogP contribution is -2.28. The number of hydrogen-bond acceptors (Lipinski definition) is 2. The van der Waals surface area contributed by atoms with Crippen molar-refractivity contribution in [3.05, 3.63) is 35.4 Å². The summed E-state index contributed by atoms with van der Waals surface area (Å²) in [5.41, 5.74) is 2.75. The molecule has 0 bridgehead atoms. The molecule has 0 spiro atoms. The highest BCUT2D eigenvalue weighted by Gasteiger charge is 2.16. The van der Waals surface area contributed by atoms with Gasteiger partial charge in [0.25, 0.3) is 0 Å². The standard InChI is InChI=1S/C14H21NO/c1-11-6-3-4-8-14(11)12(2)15-10-13-7-5-9-16-13/h3-4,6,8,12-13,15H,5,7,9-10H2,1-2H3/t12-,13?/m1/s1. The zero-order valence-electron chi connectivity index (χ0n) is 10.2. The molecule has 1 fully saturated rings. The lowest BCUT2D eigenvalue weighted by Gasteiger charge is -2.18. The van der Waals surface area contributed by atoms with Gasteiger partial charge in [0.2, 0.25) is 0 Å². The van der Waals surface area contributed by atoms with Crippen LogP contribution in [0, 0.1) is 6.92 Å². The molecule has 0 saturated carbocycles. The molecule has 2 heteroatoms. The quantitative estimate of drug-likeness (QED) is 0.840. The zero-order chi connectivity index (χ0) is 11.4. The van der Waals surface area contributed by atoms with E-state index in [0.29, 0.717) is 12.1 Å². The topological polar surface area (TPSA) is 21.3 Å². The predicted octanol–water partition coefficient (Wildman–Crippen LogP) is 2.82. The van der Waals surface area contributed by atoms with Crippen molar-refractivity contribution in [2.45, 2.75) is 38.8 Å². The molecule has 0 aromatic heterocycles. The van der Waals surface area contributed by atoms with Gasteiger partial charge in [-0.25, -0.2) is 0 Å². The van der Waals surface area contributed by atoms with Crippen LogP contribution < -0.4 is 5.32 Å². The van der Waals surface area contributed by atoms with Gasteiger partial charge in [0.15, 0.2) is 0 Å². The number of ether oxygens (including phenoxy) is 1. The first-order chi connectivity index (χ1) is 7.77. The van der Waals surface area contributed by atoms with Crippen molar-refractivity contribution in [3.8, 4) is 0 Å². The van der Waals surface area contributed by atoms with Crippen LogP contribution in [0.25, 0.3) is 0 Å². The molecule has 1 saturated heterocycles. The Bertz CT molecular complexity index is 331. The van der Waals surface area contributed by atoms with E-state index in [-0.39, 0.29) is 0 Å². The summed E-state index contributed by atoms with van der Waals surface area (Å²) in [6, 6.07) is 8.96. The molecule has 88 valence electrons. The Morgan fingerprint density at radius 1 is 1.44 bits per heavy atom. The van der Waals surface area contributed by atoms with E-state index in [4.69, 9.17) is 4.74 Å². The third kappa shape index (κ3) is 2.83. The molecule has 2 nitrogen and oxygen atoms in total. The van der Waals surface area contributed by atoms with E-state index >= 15 is 0 Å². The summed E-state index contributed by atoms with van der Waals surface area (Å²) in [6.45, 7) is 6.29. The first kappa shape index (κ1) is 11.6. The highest BCUT2D eigenvalue weighted by atomic mass is 16.5. The van der Waals surface area contributed by atoms with Gasteiger partial charge in [-0.2, -0.15) is 0 Å². The molecule has 1 heterocycles. The first-order valence-electron chi connectivity index (χ1n) is 6.18. The third-order valence-electron chi connectivity index (χ3n) is 3.33. The molecule has 1 unspecified atom stereocenters. The van der Waals surface area contributed by atoms with Crippen molar-refractivity contribution >= 4 is 0 Å². The highest BCUT2D eigenvalue weighted by molar-refractivity contribution is 5.28.